The summed E-state index contributed by atoms with van der Waals surface area (Å²) in [4.78, 5) is 47.8. The molecule has 0 aliphatic carbocycles. The van der Waals surface area contributed by atoms with Gasteiger partial charge in [0.05, 0.1) is 10.6 Å². The molecule has 5 amide bonds. The Morgan fingerprint density at radius 3 is 2.60 bits per heavy atom. The van der Waals surface area contributed by atoms with Crippen molar-refractivity contribution in [3.8, 4) is 0 Å². The second kappa shape index (κ2) is 8.50. The van der Waals surface area contributed by atoms with Crippen LogP contribution in [0, 0.1) is 5.82 Å². The Bertz CT molecular complexity index is 1050. The molecular formula is C20H18ClFN4O4. The number of anilines is 1. The highest BCUT2D eigenvalue weighted by Crippen LogP contribution is 2.26. The van der Waals surface area contributed by atoms with Crippen molar-refractivity contribution in [2.75, 3.05) is 11.9 Å². The smallest absolute Gasteiger partial charge is 0.322 e. The molecule has 156 valence electrons. The summed E-state index contributed by atoms with van der Waals surface area (Å²) in [5.74, 6) is -1.94. The Hall–Kier alpha value is -3.46. The van der Waals surface area contributed by atoms with E-state index in [9.17, 15) is 23.6 Å². The second-order valence-corrected chi connectivity index (χ2v) is 7.20. The van der Waals surface area contributed by atoms with Gasteiger partial charge in [-0.3, -0.25) is 19.7 Å². The molecular weight excluding hydrogens is 415 g/mol. The number of urea groups is 1. The van der Waals surface area contributed by atoms with Gasteiger partial charge >= 0.3 is 6.03 Å². The van der Waals surface area contributed by atoms with E-state index in [4.69, 9.17) is 11.6 Å². The van der Waals surface area contributed by atoms with Crippen molar-refractivity contribution in [1.29, 1.82) is 0 Å². The summed E-state index contributed by atoms with van der Waals surface area (Å²) in [6, 6.07) is 9.35. The number of carbonyl (C=O) groups excluding carboxylic acids is 4. The lowest BCUT2D eigenvalue weighted by atomic mass is 9.92. The molecule has 4 N–H and O–H groups in total. The predicted octanol–water partition coefficient (Wildman–Crippen LogP) is 2.29. The van der Waals surface area contributed by atoms with Gasteiger partial charge in [-0.05, 0) is 42.8 Å². The normalized spacial score (nSPS) is 17.8. The average Bonchev–Trinajstić information content (AvgIpc) is 2.94. The molecule has 1 aliphatic heterocycles. The molecule has 1 heterocycles. The van der Waals surface area contributed by atoms with Crippen LogP contribution in [0.5, 0.6) is 0 Å². The lowest BCUT2D eigenvalue weighted by Gasteiger charge is -2.21. The highest BCUT2D eigenvalue weighted by molar-refractivity contribution is 6.33. The molecule has 8 nitrogen and oxygen atoms in total. The zero-order valence-corrected chi connectivity index (χ0v) is 16.6. The molecule has 1 saturated heterocycles. The second-order valence-electron chi connectivity index (χ2n) is 6.79. The number of amides is 5. The van der Waals surface area contributed by atoms with E-state index in [1.54, 1.807) is 31.2 Å². The van der Waals surface area contributed by atoms with Crippen LogP contribution in [0.3, 0.4) is 0 Å². The maximum Gasteiger partial charge on any atom is 0.322 e. The Morgan fingerprint density at radius 2 is 1.93 bits per heavy atom. The number of hydrogen-bond donors (Lipinski definition) is 4. The minimum atomic E-state index is -1.24. The molecule has 1 aliphatic rings. The van der Waals surface area contributed by atoms with Crippen LogP contribution in [0.4, 0.5) is 14.9 Å². The first-order chi connectivity index (χ1) is 14.2. The molecule has 0 spiro atoms. The minimum absolute atomic E-state index is 0.0229. The van der Waals surface area contributed by atoms with E-state index in [1.165, 1.54) is 6.07 Å². The number of carbonyl (C=O) groups is 4. The van der Waals surface area contributed by atoms with E-state index in [-0.39, 0.29) is 29.5 Å². The van der Waals surface area contributed by atoms with Gasteiger partial charge in [-0.15, -0.1) is 0 Å². The molecule has 10 heteroatoms. The van der Waals surface area contributed by atoms with Gasteiger partial charge in [0.15, 0.2) is 0 Å². The van der Waals surface area contributed by atoms with E-state index in [0.29, 0.717) is 11.3 Å². The van der Waals surface area contributed by atoms with Gasteiger partial charge in [-0.25, -0.2) is 9.18 Å². The third-order valence-electron chi connectivity index (χ3n) is 4.58. The lowest BCUT2D eigenvalue weighted by molar-refractivity contribution is -0.123. The Kier molecular flexibility index (Phi) is 6.02. The summed E-state index contributed by atoms with van der Waals surface area (Å²) in [6.07, 6.45) is -0.0245. The van der Waals surface area contributed by atoms with Crippen LogP contribution in [0.2, 0.25) is 5.02 Å². The van der Waals surface area contributed by atoms with Crippen molar-refractivity contribution >= 4 is 41.0 Å². The molecule has 0 aromatic heterocycles. The molecule has 1 unspecified atom stereocenters. The number of imide groups is 1. The third-order valence-corrected chi connectivity index (χ3v) is 4.89. The number of halogens is 2. The summed E-state index contributed by atoms with van der Waals surface area (Å²) in [6.45, 7) is 1.60. The van der Waals surface area contributed by atoms with Gasteiger partial charge in [0.2, 0.25) is 5.91 Å². The van der Waals surface area contributed by atoms with Crippen LogP contribution in [0.1, 0.15) is 29.3 Å². The van der Waals surface area contributed by atoms with E-state index in [0.717, 1.165) is 12.1 Å². The van der Waals surface area contributed by atoms with E-state index in [1.807, 2.05) is 0 Å². The third kappa shape index (κ3) is 4.57. The molecule has 3 rings (SSSR count). The monoisotopic (exact) mass is 432 g/mol. The Labute approximate surface area is 176 Å². The molecule has 30 heavy (non-hydrogen) atoms. The first kappa shape index (κ1) is 21.3. The van der Waals surface area contributed by atoms with Gasteiger partial charge in [0, 0.05) is 18.7 Å². The van der Waals surface area contributed by atoms with E-state index >= 15 is 0 Å². The topological polar surface area (TPSA) is 116 Å². The van der Waals surface area contributed by atoms with Crippen LogP contribution in [0.25, 0.3) is 0 Å². The van der Waals surface area contributed by atoms with Crippen molar-refractivity contribution in [2.24, 2.45) is 0 Å². The van der Waals surface area contributed by atoms with Crippen LogP contribution in [-0.4, -0.2) is 30.3 Å². The van der Waals surface area contributed by atoms with Gasteiger partial charge in [0.1, 0.15) is 11.4 Å². The van der Waals surface area contributed by atoms with E-state index < -0.39 is 29.2 Å². The molecule has 1 atom stereocenters. The summed E-state index contributed by atoms with van der Waals surface area (Å²) in [7, 11) is 0. The van der Waals surface area contributed by atoms with Gasteiger partial charge in [-0.1, -0.05) is 23.7 Å². The Morgan fingerprint density at radius 1 is 1.17 bits per heavy atom. The molecule has 2 aromatic carbocycles. The Balaban J connectivity index is 1.56. The summed E-state index contributed by atoms with van der Waals surface area (Å²) in [5.41, 5.74) is -0.194. The fraction of sp³-hybridized carbons (Fsp3) is 0.200. The highest BCUT2D eigenvalue weighted by atomic mass is 35.5. The zero-order valence-electron chi connectivity index (χ0n) is 15.8. The maximum absolute atomic E-state index is 13.1. The fourth-order valence-corrected chi connectivity index (χ4v) is 3.19. The van der Waals surface area contributed by atoms with Crippen LogP contribution in [-0.2, 0) is 15.1 Å². The van der Waals surface area contributed by atoms with Crippen molar-refractivity contribution in [3.05, 3.63) is 64.4 Å². The molecule has 0 saturated carbocycles. The first-order valence-electron chi connectivity index (χ1n) is 8.96. The van der Waals surface area contributed by atoms with Gasteiger partial charge in [0.25, 0.3) is 11.8 Å². The quantitative estimate of drug-likeness (QED) is 0.524. The summed E-state index contributed by atoms with van der Waals surface area (Å²) >= 11 is 5.84. The number of rotatable bonds is 6. The molecule has 1 fully saturated rings. The minimum Gasteiger partial charge on any atom is -0.351 e. The van der Waals surface area contributed by atoms with Crippen LogP contribution in [0.15, 0.2) is 42.5 Å². The van der Waals surface area contributed by atoms with Crippen molar-refractivity contribution < 1.29 is 23.6 Å². The summed E-state index contributed by atoms with van der Waals surface area (Å²) < 4.78 is 13.1. The maximum atomic E-state index is 13.1. The SMILES string of the molecule is CC1(c2cccc(NC(=O)CCNC(=O)c3ccc(F)cc3Cl)c2)NC(=O)NC1=O. The first-order valence-corrected chi connectivity index (χ1v) is 9.34. The van der Waals surface area contributed by atoms with E-state index in [2.05, 4.69) is 21.3 Å². The van der Waals surface area contributed by atoms with Crippen LogP contribution >= 0.6 is 11.6 Å². The van der Waals surface area contributed by atoms with Gasteiger partial charge < -0.3 is 16.0 Å². The van der Waals surface area contributed by atoms with Crippen molar-refractivity contribution in [1.82, 2.24) is 16.0 Å². The number of hydrogen-bond acceptors (Lipinski definition) is 4. The van der Waals surface area contributed by atoms with Crippen molar-refractivity contribution in [3.63, 3.8) is 0 Å². The molecule has 0 radical (unpaired) electrons. The van der Waals surface area contributed by atoms with Crippen molar-refractivity contribution in [2.45, 2.75) is 18.9 Å². The largest absolute Gasteiger partial charge is 0.351 e. The zero-order chi connectivity index (χ0) is 21.9. The fourth-order valence-electron chi connectivity index (χ4n) is 2.94. The highest BCUT2D eigenvalue weighted by Gasteiger charge is 2.43. The van der Waals surface area contributed by atoms with Gasteiger partial charge in [-0.2, -0.15) is 0 Å². The van der Waals surface area contributed by atoms with Crippen LogP contribution < -0.4 is 21.3 Å². The average molecular weight is 433 g/mol. The summed E-state index contributed by atoms with van der Waals surface area (Å²) in [5, 5.41) is 9.92. The number of nitrogens with one attached hydrogen (secondary N) is 4. The molecule has 2 aromatic rings. The lowest BCUT2D eigenvalue weighted by Crippen LogP contribution is -2.40. The number of benzene rings is 2. The predicted molar refractivity (Wildman–Crippen MR) is 107 cm³/mol. The molecule has 0 bridgehead atoms. The standard InChI is InChI=1S/C20H18ClFN4O4/c1-20(18(29)25-19(30)26-20)11-3-2-4-13(9-11)24-16(27)7-8-23-17(28)14-6-5-12(22)10-15(14)21/h2-6,9-10H,7-8H2,1H3,(H,23,28)(H,24,27)(H2,25,26,29,30).